The minimum atomic E-state index is -0.291. The number of nitrogens with one attached hydrogen (secondary N) is 2. The summed E-state index contributed by atoms with van der Waals surface area (Å²) in [6.07, 6.45) is 2.34. The Morgan fingerprint density at radius 3 is 2.44 bits per heavy atom. The molecular weight excluding hydrogens is 448 g/mol. The van der Waals surface area contributed by atoms with E-state index in [9.17, 15) is 4.79 Å². The number of carbonyl (C=O) groups excluding carboxylic acids is 1. The van der Waals surface area contributed by atoms with Crippen molar-refractivity contribution in [3.63, 3.8) is 0 Å². The molecule has 0 aliphatic carbocycles. The maximum Gasteiger partial charge on any atom is 0.291 e. The maximum absolute atomic E-state index is 12.8. The van der Waals surface area contributed by atoms with Crippen molar-refractivity contribution in [2.45, 2.75) is 40.2 Å². The van der Waals surface area contributed by atoms with E-state index in [0.717, 1.165) is 44.6 Å². The smallest absolute Gasteiger partial charge is 0.291 e. The third-order valence-electron chi connectivity index (χ3n) is 5.22. The summed E-state index contributed by atoms with van der Waals surface area (Å²) in [6, 6.07) is 15.1. The Balaban J connectivity index is 1.75. The molecule has 8 heteroatoms. The number of hydrogen-bond donors (Lipinski definition) is 2. The van der Waals surface area contributed by atoms with Crippen molar-refractivity contribution in [2.75, 3.05) is 17.2 Å². The quantitative estimate of drug-likeness (QED) is 0.301. The van der Waals surface area contributed by atoms with Crippen LogP contribution in [0.5, 0.6) is 5.75 Å². The van der Waals surface area contributed by atoms with E-state index in [4.69, 9.17) is 9.15 Å². The summed E-state index contributed by atoms with van der Waals surface area (Å²) in [5.41, 5.74) is 3.70. The molecular formula is C26H28N4O3S. The molecule has 0 unspecified atom stereocenters. The Morgan fingerprint density at radius 2 is 1.82 bits per heavy atom. The Kier molecular flexibility index (Phi) is 7.27. The van der Waals surface area contributed by atoms with E-state index < -0.39 is 0 Å². The molecule has 176 valence electrons. The average Bonchev–Trinajstić information content (AvgIpc) is 3.48. The molecule has 2 N–H and O–H groups in total. The first-order valence-corrected chi connectivity index (χ1v) is 12.1. The number of amides is 1. The highest BCUT2D eigenvalue weighted by Gasteiger charge is 2.24. The van der Waals surface area contributed by atoms with E-state index in [1.54, 1.807) is 23.5 Å². The molecule has 34 heavy (non-hydrogen) atoms. The minimum absolute atomic E-state index is 0.264. The van der Waals surface area contributed by atoms with Crippen LogP contribution in [0.1, 0.15) is 57.8 Å². The van der Waals surface area contributed by atoms with E-state index in [-0.39, 0.29) is 17.7 Å². The summed E-state index contributed by atoms with van der Waals surface area (Å²) in [4.78, 5) is 23.1. The third-order valence-corrected chi connectivity index (χ3v) is 6.43. The van der Waals surface area contributed by atoms with Gasteiger partial charge in [-0.05, 0) is 69.2 Å². The second-order valence-corrected chi connectivity index (χ2v) is 8.97. The van der Waals surface area contributed by atoms with Crippen LogP contribution in [0.15, 0.2) is 59.2 Å². The lowest BCUT2D eigenvalue weighted by molar-refractivity contribution is 0.0997. The van der Waals surface area contributed by atoms with Gasteiger partial charge in [0.05, 0.1) is 18.9 Å². The molecule has 4 rings (SSSR count). The molecule has 0 radical (unpaired) electrons. The van der Waals surface area contributed by atoms with Crippen LogP contribution in [0.4, 0.5) is 10.9 Å². The Morgan fingerprint density at radius 1 is 1.09 bits per heavy atom. The highest BCUT2D eigenvalue weighted by molar-refractivity contribution is 7.16. The van der Waals surface area contributed by atoms with Gasteiger partial charge in [0.25, 0.3) is 5.91 Å². The zero-order chi connectivity index (χ0) is 24.1. The van der Waals surface area contributed by atoms with Crippen LogP contribution < -0.4 is 15.4 Å². The highest BCUT2D eigenvalue weighted by Crippen LogP contribution is 2.38. The van der Waals surface area contributed by atoms with Gasteiger partial charge in [-0.15, -0.1) is 11.3 Å². The van der Waals surface area contributed by atoms with Gasteiger partial charge in [0.2, 0.25) is 5.95 Å². The predicted molar refractivity (Wildman–Crippen MR) is 135 cm³/mol. The number of aryl methyl sites for hydroxylation is 3. The van der Waals surface area contributed by atoms with Gasteiger partial charge >= 0.3 is 0 Å². The molecule has 1 amide bonds. The molecule has 0 saturated heterocycles. The molecule has 0 bridgehead atoms. The molecule has 4 aromatic rings. The Hall–Kier alpha value is -3.65. The van der Waals surface area contributed by atoms with Crippen molar-refractivity contribution in [2.24, 2.45) is 0 Å². The van der Waals surface area contributed by atoms with Crippen LogP contribution >= 0.6 is 11.3 Å². The summed E-state index contributed by atoms with van der Waals surface area (Å²) in [6.45, 7) is 8.55. The van der Waals surface area contributed by atoms with Gasteiger partial charge in [-0.2, -0.15) is 0 Å². The normalized spacial score (nSPS) is 11.8. The summed E-state index contributed by atoms with van der Waals surface area (Å²) in [7, 11) is 0. The van der Waals surface area contributed by atoms with Crippen molar-refractivity contribution in [3.8, 4) is 5.75 Å². The Labute approximate surface area is 203 Å². The van der Waals surface area contributed by atoms with Crippen molar-refractivity contribution in [1.82, 2.24) is 9.97 Å². The van der Waals surface area contributed by atoms with Crippen LogP contribution in [0.3, 0.4) is 0 Å². The van der Waals surface area contributed by atoms with Gasteiger partial charge in [-0.1, -0.05) is 19.1 Å². The third kappa shape index (κ3) is 5.46. The van der Waals surface area contributed by atoms with E-state index in [1.165, 1.54) is 6.26 Å². The number of rotatable bonds is 9. The first kappa shape index (κ1) is 23.5. The van der Waals surface area contributed by atoms with Crippen molar-refractivity contribution in [1.29, 1.82) is 0 Å². The molecule has 0 fully saturated rings. The number of hydrogen-bond acceptors (Lipinski definition) is 7. The molecule has 0 aliphatic heterocycles. The molecule has 1 atom stereocenters. The van der Waals surface area contributed by atoms with Crippen LogP contribution in [0.2, 0.25) is 0 Å². The largest absolute Gasteiger partial charge is 0.494 e. The first-order chi connectivity index (χ1) is 16.5. The topological polar surface area (TPSA) is 89.3 Å². The van der Waals surface area contributed by atoms with Crippen LogP contribution in [0.25, 0.3) is 0 Å². The number of furan rings is 1. The first-order valence-electron chi connectivity index (χ1n) is 11.3. The fourth-order valence-corrected chi connectivity index (χ4v) is 4.73. The van der Waals surface area contributed by atoms with Crippen LogP contribution in [0, 0.1) is 13.8 Å². The molecule has 1 aromatic carbocycles. The standard InChI is InChI=1S/C26H28N4O3S/c1-5-20-15-21(25(34-20)30-24(31)22-8-7-13-33-22)23(18-9-11-19(12-10-18)32-6-2)29-26-27-16(3)14-17(4)28-26/h7-15,23H,5-6H2,1-4H3,(H,30,31)(H,27,28,29)/t23-/m0/s1. The zero-order valence-corrected chi connectivity index (χ0v) is 20.5. The number of anilines is 2. The van der Waals surface area contributed by atoms with Crippen molar-refractivity contribution < 1.29 is 13.9 Å². The van der Waals surface area contributed by atoms with Gasteiger partial charge < -0.3 is 19.8 Å². The fourth-order valence-electron chi connectivity index (χ4n) is 3.70. The number of aromatic nitrogens is 2. The van der Waals surface area contributed by atoms with Crippen LogP contribution in [-0.4, -0.2) is 22.5 Å². The maximum atomic E-state index is 12.8. The van der Waals surface area contributed by atoms with Crippen molar-refractivity contribution in [3.05, 3.63) is 87.9 Å². The zero-order valence-electron chi connectivity index (χ0n) is 19.7. The molecule has 7 nitrogen and oxygen atoms in total. The highest BCUT2D eigenvalue weighted by atomic mass is 32.1. The average molecular weight is 477 g/mol. The number of nitrogens with zero attached hydrogens (tertiary/aromatic N) is 2. The van der Waals surface area contributed by atoms with E-state index >= 15 is 0 Å². The summed E-state index contributed by atoms with van der Waals surface area (Å²) in [5.74, 6) is 1.31. The fraction of sp³-hybridized carbons (Fsp3) is 0.269. The predicted octanol–water partition coefficient (Wildman–Crippen LogP) is 6.16. The van der Waals surface area contributed by atoms with E-state index in [1.807, 2.05) is 51.1 Å². The van der Waals surface area contributed by atoms with Gasteiger partial charge in [0.1, 0.15) is 10.8 Å². The van der Waals surface area contributed by atoms with E-state index in [2.05, 4.69) is 33.6 Å². The lowest BCUT2D eigenvalue weighted by atomic mass is 9.99. The second kappa shape index (κ2) is 10.5. The number of ether oxygens (including phenoxy) is 1. The molecule has 0 spiro atoms. The lowest BCUT2D eigenvalue weighted by Gasteiger charge is -2.21. The number of thiophene rings is 1. The van der Waals surface area contributed by atoms with Crippen molar-refractivity contribution >= 4 is 28.2 Å². The summed E-state index contributed by atoms with van der Waals surface area (Å²) in [5, 5.41) is 7.30. The molecule has 0 aliphatic rings. The monoisotopic (exact) mass is 476 g/mol. The number of benzene rings is 1. The van der Waals surface area contributed by atoms with Gasteiger partial charge in [-0.3, -0.25) is 4.79 Å². The minimum Gasteiger partial charge on any atom is -0.494 e. The lowest BCUT2D eigenvalue weighted by Crippen LogP contribution is -2.18. The van der Waals surface area contributed by atoms with E-state index in [0.29, 0.717) is 12.6 Å². The summed E-state index contributed by atoms with van der Waals surface area (Å²) < 4.78 is 10.9. The molecule has 3 heterocycles. The number of carbonyl (C=O) groups is 1. The van der Waals surface area contributed by atoms with Crippen LogP contribution in [-0.2, 0) is 6.42 Å². The molecule has 3 aromatic heterocycles. The Bertz CT molecular complexity index is 1230. The summed E-state index contributed by atoms with van der Waals surface area (Å²) >= 11 is 1.56. The molecule has 0 saturated carbocycles. The van der Waals surface area contributed by atoms with Gasteiger partial charge in [0, 0.05) is 21.8 Å². The SMILES string of the molecule is CCOc1ccc([C@H](Nc2nc(C)cc(C)n2)c2cc(CC)sc2NC(=O)c2ccco2)cc1. The van der Waals surface area contributed by atoms with Gasteiger partial charge in [0.15, 0.2) is 5.76 Å². The second-order valence-electron chi connectivity index (χ2n) is 7.84. The van der Waals surface area contributed by atoms with Gasteiger partial charge in [-0.25, -0.2) is 9.97 Å².